The summed E-state index contributed by atoms with van der Waals surface area (Å²) in [6, 6.07) is -0.274. The molecule has 96 valence electrons. The van der Waals surface area contributed by atoms with Gasteiger partial charge in [-0.15, -0.1) is 0 Å². The molecule has 1 atom stereocenters. The first-order valence-corrected chi connectivity index (χ1v) is 5.91. The van der Waals surface area contributed by atoms with Crippen LogP contribution in [0.15, 0.2) is 4.52 Å². The van der Waals surface area contributed by atoms with Crippen molar-refractivity contribution in [3.63, 3.8) is 0 Å². The minimum Gasteiger partial charge on any atom is -0.465 e. The van der Waals surface area contributed by atoms with Crippen molar-refractivity contribution < 1.29 is 14.1 Å². The Morgan fingerprint density at radius 3 is 2.65 bits per heavy atom. The van der Waals surface area contributed by atoms with Gasteiger partial charge in [0.05, 0.1) is 12.3 Å². The maximum Gasteiger partial charge on any atom is 0.323 e. The minimum absolute atomic E-state index is 0.207. The Kier molecular flexibility index (Phi) is 5.15. The fraction of sp³-hybridized carbons (Fsp3) is 0.667. The van der Waals surface area contributed by atoms with Crippen molar-refractivity contribution in [3.8, 4) is 0 Å². The van der Waals surface area contributed by atoms with Crippen LogP contribution in [-0.2, 0) is 16.1 Å². The van der Waals surface area contributed by atoms with E-state index >= 15 is 0 Å². The van der Waals surface area contributed by atoms with Gasteiger partial charge in [0, 0.05) is 12.1 Å². The first-order chi connectivity index (χ1) is 8.10. The number of nitrogens with zero attached hydrogens (tertiary/aromatic N) is 1. The number of nitrogens with one attached hydrogen (secondary N) is 1. The van der Waals surface area contributed by atoms with E-state index in [9.17, 15) is 4.79 Å². The zero-order valence-corrected chi connectivity index (χ0v) is 10.9. The van der Waals surface area contributed by atoms with E-state index in [4.69, 9.17) is 9.26 Å². The SMILES string of the molecule is CCOC(=O)C(CC)NCc1c(C)noc1C. The second-order valence-electron chi connectivity index (χ2n) is 3.90. The topological polar surface area (TPSA) is 64.4 Å². The zero-order valence-electron chi connectivity index (χ0n) is 10.9. The summed E-state index contributed by atoms with van der Waals surface area (Å²) in [5.74, 6) is 0.579. The van der Waals surface area contributed by atoms with Crippen molar-refractivity contribution in [1.82, 2.24) is 10.5 Å². The van der Waals surface area contributed by atoms with Crippen LogP contribution in [0.1, 0.15) is 37.3 Å². The average molecular weight is 240 g/mol. The van der Waals surface area contributed by atoms with Crippen LogP contribution >= 0.6 is 0 Å². The number of carbonyl (C=O) groups excluding carboxylic acids is 1. The second kappa shape index (κ2) is 6.39. The molecule has 17 heavy (non-hydrogen) atoms. The lowest BCUT2D eigenvalue weighted by Crippen LogP contribution is -2.37. The number of hydrogen-bond donors (Lipinski definition) is 1. The summed E-state index contributed by atoms with van der Waals surface area (Å²) in [5, 5.41) is 7.03. The van der Waals surface area contributed by atoms with E-state index in [0.29, 0.717) is 19.6 Å². The Hall–Kier alpha value is -1.36. The summed E-state index contributed by atoms with van der Waals surface area (Å²) in [4.78, 5) is 11.6. The molecule has 1 N–H and O–H groups in total. The lowest BCUT2D eigenvalue weighted by molar-refractivity contribution is -0.145. The van der Waals surface area contributed by atoms with Crippen molar-refractivity contribution in [2.24, 2.45) is 0 Å². The van der Waals surface area contributed by atoms with Crippen LogP contribution in [0.2, 0.25) is 0 Å². The smallest absolute Gasteiger partial charge is 0.323 e. The van der Waals surface area contributed by atoms with E-state index in [0.717, 1.165) is 17.0 Å². The highest BCUT2D eigenvalue weighted by atomic mass is 16.5. The number of hydrogen-bond acceptors (Lipinski definition) is 5. The molecule has 1 rings (SSSR count). The highest BCUT2D eigenvalue weighted by Crippen LogP contribution is 2.12. The van der Waals surface area contributed by atoms with Crippen LogP contribution < -0.4 is 5.32 Å². The maximum atomic E-state index is 11.6. The van der Waals surface area contributed by atoms with Crippen LogP contribution in [0, 0.1) is 13.8 Å². The lowest BCUT2D eigenvalue weighted by atomic mass is 10.1. The summed E-state index contributed by atoms with van der Waals surface area (Å²) in [5.41, 5.74) is 1.86. The van der Waals surface area contributed by atoms with Crippen LogP contribution in [0.3, 0.4) is 0 Å². The molecule has 1 unspecified atom stereocenters. The van der Waals surface area contributed by atoms with E-state index in [1.54, 1.807) is 6.92 Å². The molecule has 5 nitrogen and oxygen atoms in total. The molecule has 0 aliphatic carbocycles. The van der Waals surface area contributed by atoms with Gasteiger partial charge in [0.15, 0.2) is 0 Å². The van der Waals surface area contributed by atoms with Gasteiger partial charge in [-0.1, -0.05) is 12.1 Å². The van der Waals surface area contributed by atoms with Gasteiger partial charge in [-0.05, 0) is 27.2 Å². The number of rotatable bonds is 6. The first kappa shape index (κ1) is 13.7. The molecule has 0 spiro atoms. The van der Waals surface area contributed by atoms with Gasteiger partial charge in [-0.25, -0.2) is 0 Å². The monoisotopic (exact) mass is 240 g/mol. The number of ether oxygens (including phenoxy) is 1. The predicted octanol–water partition coefficient (Wildman–Crippen LogP) is 1.72. The molecule has 0 saturated heterocycles. The quantitative estimate of drug-likeness (QED) is 0.767. The normalized spacial score (nSPS) is 12.5. The average Bonchev–Trinajstić information content (AvgIpc) is 2.61. The van der Waals surface area contributed by atoms with Gasteiger partial charge >= 0.3 is 5.97 Å². The van der Waals surface area contributed by atoms with E-state index in [1.807, 2.05) is 20.8 Å². The van der Waals surface area contributed by atoms with Crippen molar-refractivity contribution >= 4 is 5.97 Å². The Bertz CT molecular complexity index is 354. The van der Waals surface area contributed by atoms with Gasteiger partial charge in [-0.3, -0.25) is 4.79 Å². The molecule has 1 aromatic heterocycles. The second-order valence-corrected chi connectivity index (χ2v) is 3.90. The summed E-state index contributed by atoms with van der Waals surface area (Å²) in [6.45, 7) is 8.48. The molecule has 0 aliphatic rings. The largest absolute Gasteiger partial charge is 0.465 e. The van der Waals surface area contributed by atoms with Crippen molar-refractivity contribution in [2.75, 3.05) is 6.61 Å². The molecular weight excluding hydrogens is 220 g/mol. The molecule has 0 bridgehead atoms. The van der Waals surface area contributed by atoms with Crippen molar-refractivity contribution in [3.05, 3.63) is 17.0 Å². The molecule has 0 amide bonds. The summed E-state index contributed by atoms with van der Waals surface area (Å²) >= 11 is 0. The van der Waals surface area contributed by atoms with E-state index in [2.05, 4.69) is 10.5 Å². The molecule has 0 aliphatic heterocycles. The molecule has 0 saturated carbocycles. The Morgan fingerprint density at radius 2 is 2.18 bits per heavy atom. The van der Waals surface area contributed by atoms with Gasteiger partial charge in [0.2, 0.25) is 0 Å². The van der Waals surface area contributed by atoms with Gasteiger partial charge in [0.1, 0.15) is 11.8 Å². The van der Waals surface area contributed by atoms with Gasteiger partial charge in [0.25, 0.3) is 0 Å². The Labute approximate surface area is 102 Å². The third kappa shape index (κ3) is 3.56. The lowest BCUT2D eigenvalue weighted by Gasteiger charge is -2.15. The zero-order chi connectivity index (χ0) is 12.8. The standard InChI is InChI=1S/C12H20N2O3/c1-5-11(12(15)16-6-2)13-7-10-8(3)14-17-9(10)4/h11,13H,5-7H2,1-4H3. The van der Waals surface area contributed by atoms with Crippen molar-refractivity contribution in [1.29, 1.82) is 0 Å². The number of aryl methyl sites for hydroxylation is 2. The van der Waals surface area contributed by atoms with E-state index in [-0.39, 0.29) is 12.0 Å². The van der Waals surface area contributed by atoms with E-state index in [1.165, 1.54) is 0 Å². The molecule has 1 heterocycles. The highest BCUT2D eigenvalue weighted by Gasteiger charge is 2.18. The van der Waals surface area contributed by atoms with Crippen LogP contribution in [0.25, 0.3) is 0 Å². The number of aromatic nitrogens is 1. The number of esters is 1. The predicted molar refractivity (Wildman–Crippen MR) is 63.5 cm³/mol. The minimum atomic E-state index is -0.274. The first-order valence-electron chi connectivity index (χ1n) is 5.91. The molecular formula is C12H20N2O3. The molecule has 0 radical (unpaired) electrons. The van der Waals surface area contributed by atoms with Crippen LogP contribution in [0.4, 0.5) is 0 Å². The molecule has 0 fully saturated rings. The third-order valence-electron chi connectivity index (χ3n) is 2.69. The van der Waals surface area contributed by atoms with Crippen molar-refractivity contribution in [2.45, 2.75) is 46.7 Å². The molecule has 1 aromatic rings. The van der Waals surface area contributed by atoms with Crippen LogP contribution in [0.5, 0.6) is 0 Å². The fourth-order valence-corrected chi connectivity index (χ4v) is 1.62. The third-order valence-corrected chi connectivity index (χ3v) is 2.69. The van der Waals surface area contributed by atoms with Gasteiger partial charge < -0.3 is 14.6 Å². The molecule has 5 heteroatoms. The Morgan fingerprint density at radius 1 is 1.47 bits per heavy atom. The van der Waals surface area contributed by atoms with Gasteiger partial charge in [-0.2, -0.15) is 0 Å². The summed E-state index contributed by atoms with van der Waals surface area (Å²) in [7, 11) is 0. The fourth-order valence-electron chi connectivity index (χ4n) is 1.62. The Balaban J connectivity index is 2.56. The van der Waals surface area contributed by atoms with E-state index < -0.39 is 0 Å². The highest BCUT2D eigenvalue weighted by molar-refractivity contribution is 5.75. The summed E-state index contributed by atoms with van der Waals surface area (Å²) in [6.07, 6.45) is 0.697. The van der Waals surface area contributed by atoms with Crippen LogP contribution in [-0.4, -0.2) is 23.8 Å². The molecule has 0 aromatic carbocycles. The summed E-state index contributed by atoms with van der Waals surface area (Å²) < 4.78 is 10.0. The maximum absolute atomic E-state index is 11.6. The number of carbonyl (C=O) groups is 1.